The monoisotopic (exact) mass is 355 g/mol. The summed E-state index contributed by atoms with van der Waals surface area (Å²) in [7, 11) is 2.03. The normalized spacial score (nSPS) is 14.2. The molecule has 1 aliphatic rings. The quantitative estimate of drug-likeness (QED) is 0.821. The van der Waals surface area contributed by atoms with Crippen molar-refractivity contribution in [2.24, 2.45) is 0 Å². The summed E-state index contributed by atoms with van der Waals surface area (Å²) < 4.78 is 5.06. The van der Waals surface area contributed by atoms with Crippen LogP contribution in [-0.2, 0) is 11.3 Å². The van der Waals surface area contributed by atoms with Crippen molar-refractivity contribution in [3.63, 3.8) is 0 Å². The number of piperazine rings is 1. The molecular weight excluding hydrogens is 330 g/mol. The summed E-state index contributed by atoms with van der Waals surface area (Å²) >= 11 is 0. The van der Waals surface area contributed by atoms with Crippen molar-refractivity contribution in [1.82, 2.24) is 14.9 Å². The topological polar surface area (TPSA) is 61.8 Å². The van der Waals surface area contributed by atoms with Gasteiger partial charge in [-0.1, -0.05) is 30.3 Å². The summed E-state index contributed by atoms with van der Waals surface area (Å²) in [5.41, 5.74) is 1.23. The van der Waals surface area contributed by atoms with Crippen molar-refractivity contribution < 1.29 is 9.53 Å². The molecule has 0 spiro atoms. The Hall–Kier alpha value is -2.83. The maximum absolute atomic E-state index is 11.8. The molecule has 3 rings (SSSR count). The van der Waals surface area contributed by atoms with Gasteiger partial charge in [0.1, 0.15) is 5.82 Å². The third-order valence-electron chi connectivity index (χ3n) is 4.37. The zero-order chi connectivity index (χ0) is 18.4. The van der Waals surface area contributed by atoms with Gasteiger partial charge >= 0.3 is 6.09 Å². The number of hydrogen-bond donors (Lipinski definition) is 0. The highest BCUT2D eigenvalue weighted by Gasteiger charge is 2.23. The van der Waals surface area contributed by atoms with Gasteiger partial charge < -0.3 is 19.4 Å². The van der Waals surface area contributed by atoms with Gasteiger partial charge in [-0.2, -0.15) is 4.98 Å². The summed E-state index contributed by atoms with van der Waals surface area (Å²) in [5.74, 6) is 1.58. The molecular formula is C19H25N5O2. The van der Waals surface area contributed by atoms with Crippen LogP contribution in [0.15, 0.2) is 42.6 Å². The fourth-order valence-corrected chi connectivity index (χ4v) is 2.95. The number of anilines is 2. The molecule has 7 heteroatoms. The average Bonchev–Trinajstić information content (AvgIpc) is 2.69. The van der Waals surface area contributed by atoms with Gasteiger partial charge in [-0.3, -0.25) is 0 Å². The van der Waals surface area contributed by atoms with Gasteiger partial charge in [-0.05, 0) is 18.6 Å². The summed E-state index contributed by atoms with van der Waals surface area (Å²) in [4.78, 5) is 26.9. The number of carbonyl (C=O) groups is 1. The number of aromatic nitrogens is 2. The Morgan fingerprint density at radius 1 is 1.15 bits per heavy atom. The molecule has 0 N–H and O–H groups in total. The first-order valence-corrected chi connectivity index (χ1v) is 8.92. The smallest absolute Gasteiger partial charge is 0.409 e. The van der Waals surface area contributed by atoms with Crippen molar-refractivity contribution >= 4 is 17.9 Å². The molecule has 1 fully saturated rings. The number of rotatable bonds is 5. The molecule has 2 heterocycles. The van der Waals surface area contributed by atoms with Crippen LogP contribution < -0.4 is 9.80 Å². The van der Waals surface area contributed by atoms with Crippen LogP contribution in [0.2, 0.25) is 0 Å². The summed E-state index contributed by atoms with van der Waals surface area (Å²) in [6.45, 7) is 5.64. The van der Waals surface area contributed by atoms with E-state index in [1.165, 1.54) is 5.56 Å². The summed E-state index contributed by atoms with van der Waals surface area (Å²) in [5, 5.41) is 0. The van der Waals surface area contributed by atoms with Crippen molar-refractivity contribution in [2.45, 2.75) is 13.5 Å². The van der Waals surface area contributed by atoms with E-state index < -0.39 is 0 Å². The molecule has 26 heavy (non-hydrogen) atoms. The molecule has 0 bridgehead atoms. The van der Waals surface area contributed by atoms with Crippen molar-refractivity contribution in [1.29, 1.82) is 0 Å². The minimum absolute atomic E-state index is 0.246. The number of ether oxygens (including phenoxy) is 1. The molecule has 0 saturated carbocycles. The molecule has 1 aromatic heterocycles. The van der Waals surface area contributed by atoms with Gasteiger partial charge in [0.25, 0.3) is 0 Å². The molecule has 7 nitrogen and oxygen atoms in total. The molecule has 0 aliphatic carbocycles. The first-order valence-electron chi connectivity index (χ1n) is 8.92. The fourth-order valence-electron chi connectivity index (χ4n) is 2.95. The van der Waals surface area contributed by atoms with E-state index in [4.69, 9.17) is 9.72 Å². The molecule has 0 unspecified atom stereocenters. The lowest BCUT2D eigenvalue weighted by molar-refractivity contribution is 0.105. The number of carbonyl (C=O) groups excluding carboxylic acids is 1. The Labute approximate surface area is 154 Å². The molecule has 1 aromatic carbocycles. The number of nitrogens with zero attached hydrogens (tertiary/aromatic N) is 5. The predicted octanol–water partition coefficient (Wildman–Crippen LogP) is 2.39. The first-order chi connectivity index (χ1) is 12.7. The number of amides is 1. The highest BCUT2D eigenvalue weighted by molar-refractivity contribution is 5.68. The van der Waals surface area contributed by atoms with Gasteiger partial charge in [0, 0.05) is 46.0 Å². The molecule has 0 radical (unpaired) electrons. The second-order valence-electron chi connectivity index (χ2n) is 6.23. The number of hydrogen-bond acceptors (Lipinski definition) is 6. The molecule has 138 valence electrons. The summed E-state index contributed by atoms with van der Waals surface area (Å²) in [6, 6.07) is 12.2. The van der Waals surface area contributed by atoms with E-state index in [0.29, 0.717) is 38.7 Å². The Balaban J connectivity index is 1.62. The van der Waals surface area contributed by atoms with Crippen LogP contribution in [0.1, 0.15) is 12.5 Å². The average molecular weight is 355 g/mol. The number of benzene rings is 1. The largest absolute Gasteiger partial charge is 0.450 e. The van der Waals surface area contributed by atoms with Crippen LogP contribution in [0, 0.1) is 0 Å². The Kier molecular flexibility index (Phi) is 5.88. The van der Waals surface area contributed by atoms with Gasteiger partial charge in [-0.15, -0.1) is 0 Å². The molecule has 1 aliphatic heterocycles. The third-order valence-corrected chi connectivity index (χ3v) is 4.37. The molecule has 1 saturated heterocycles. The van der Waals surface area contributed by atoms with Gasteiger partial charge in [-0.25, -0.2) is 9.78 Å². The van der Waals surface area contributed by atoms with Gasteiger partial charge in [0.15, 0.2) is 0 Å². The van der Waals surface area contributed by atoms with E-state index in [2.05, 4.69) is 26.9 Å². The van der Waals surface area contributed by atoms with Crippen LogP contribution in [0.4, 0.5) is 16.6 Å². The predicted molar refractivity (Wildman–Crippen MR) is 101 cm³/mol. The minimum atomic E-state index is -0.246. The van der Waals surface area contributed by atoms with Crippen LogP contribution in [0.25, 0.3) is 0 Å². The SMILES string of the molecule is CCOC(=O)N1CCN(c2nccc(N(C)Cc3ccccc3)n2)CC1. The van der Waals surface area contributed by atoms with Crippen molar-refractivity contribution in [2.75, 3.05) is 49.6 Å². The first kappa shape index (κ1) is 18.0. The zero-order valence-corrected chi connectivity index (χ0v) is 15.3. The van der Waals surface area contributed by atoms with E-state index in [9.17, 15) is 4.79 Å². The van der Waals surface area contributed by atoms with Crippen molar-refractivity contribution in [3.05, 3.63) is 48.2 Å². The summed E-state index contributed by atoms with van der Waals surface area (Å²) in [6.07, 6.45) is 1.54. The lowest BCUT2D eigenvalue weighted by atomic mass is 10.2. The van der Waals surface area contributed by atoms with E-state index in [0.717, 1.165) is 12.4 Å². The third kappa shape index (κ3) is 4.41. The standard InChI is InChI=1S/C19H25N5O2/c1-3-26-19(25)24-13-11-23(12-14-24)18-20-10-9-17(21-18)22(2)15-16-7-5-4-6-8-16/h4-10H,3,11-15H2,1-2H3. The lowest BCUT2D eigenvalue weighted by Crippen LogP contribution is -2.49. The van der Waals surface area contributed by atoms with E-state index >= 15 is 0 Å². The molecule has 0 atom stereocenters. The Morgan fingerprint density at radius 3 is 2.58 bits per heavy atom. The minimum Gasteiger partial charge on any atom is -0.450 e. The van der Waals surface area contributed by atoms with Crippen LogP contribution in [0.5, 0.6) is 0 Å². The van der Waals surface area contributed by atoms with Crippen LogP contribution >= 0.6 is 0 Å². The maximum Gasteiger partial charge on any atom is 0.409 e. The second kappa shape index (κ2) is 8.51. The van der Waals surface area contributed by atoms with Gasteiger partial charge in [0.05, 0.1) is 6.61 Å². The van der Waals surface area contributed by atoms with E-state index in [-0.39, 0.29) is 6.09 Å². The maximum atomic E-state index is 11.8. The van der Waals surface area contributed by atoms with Crippen molar-refractivity contribution in [3.8, 4) is 0 Å². The second-order valence-corrected chi connectivity index (χ2v) is 6.23. The van der Waals surface area contributed by atoms with Crippen LogP contribution in [0.3, 0.4) is 0 Å². The van der Waals surface area contributed by atoms with Gasteiger partial charge in [0.2, 0.25) is 5.95 Å². The fraction of sp³-hybridized carbons (Fsp3) is 0.421. The highest BCUT2D eigenvalue weighted by atomic mass is 16.6. The van der Waals surface area contributed by atoms with E-state index in [1.807, 2.05) is 38.2 Å². The highest BCUT2D eigenvalue weighted by Crippen LogP contribution is 2.17. The van der Waals surface area contributed by atoms with E-state index in [1.54, 1.807) is 11.1 Å². The Bertz CT molecular complexity index is 717. The molecule has 2 aromatic rings. The lowest BCUT2D eigenvalue weighted by Gasteiger charge is -2.34. The molecule has 1 amide bonds. The Morgan fingerprint density at radius 2 is 1.88 bits per heavy atom. The van der Waals surface area contributed by atoms with Crippen LogP contribution in [-0.4, -0.2) is 60.8 Å². The zero-order valence-electron chi connectivity index (χ0n) is 15.3.